The average Bonchev–Trinajstić information content (AvgIpc) is 0.715. The molecule has 1 aliphatic rings. The van der Waals surface area contributed by atoms with Crippen molar-refractivity contribution in [3.05, 3.63) is 89.5 Å². The van der Waals surface area contributed by atoms with E-state index >= 15 is 0 Å². The maximum absolute atomic E-state index is 13.4. The summed E-state index contributed by atoms with van der Waals surface area (Å²) in [7, 11) is 0. The van der Waals surface area contributed by atoms with Gasteiger partial charge in [0, 0.05) is 19.3 Å². The van der Waals surface area contributed by atoms with Gasteiger partial charge in [0.2, 0.25) is 0 Å². The Hall–Kier alpha value is -6.18. The number of ether oxygens (including phenoxy) is 8. The molecule has 0 aliphatic heterocycles. The number of hydrogen-bond acceptors (Lipinski definition) is 13. The zero-order chi connectivity index (χ0) is 75.1. The Kier molecular flexibility index (Phi) is 34.2. The third-order valence-electron chi connectivity index (χ3n) is 14.7. The summed E-state index contributed by atoms with van der Waals surface area (Å²) in [4.78, 5) is 56.1. The molecule has 3 aromatic rings. The largest absolute Gasteiger partial charge is 0.488 e. The van der Waals surface area contributed by atoms with Gasteiger partial charge in [0.15, 0.2) is 13.6 Å². The fourth-order valence-electron chi connectivity index (χ4n) is 8.01. The summed E-state index contributed by atoms with van der Waals surface area (Å²) in [6, 6.07) is 24.1. The zero-order valence-corrected chi connectivity index (χ0v) is 59.3. The van der Waals surface area contributed by atoms with E-state index in [-0.39, 0.29) is 77.4 Å². The van der Waals surface area contributed by atoms with Gasteiger partial charge in [0.1, 0.15) is 22.8 Å². The molecule has 96 heavy (non-hydrogen) atoms. The number of rotatable bonds is 22. The molecule has 1 fully saturated rings. The van der Waals surface area contributed by atoms with Crippen molar-refractivity contribution in [2.24, 2.45) is 17.3 Å². The summed E-state index contributed by atoms with van der Waals surface area (Å²) < 4.78 is 207. The highest BCUT2D eigenvalue weighted by Crippen LogP contribution is 2.61. The molecule has 0 heterocycles. The van der Waals surface area contributed by atoms with Gasteiger partial charge in [0.05, 0.1) is 41.5 Å². The fourth-order valence-corrected chi connectivity index (χ4v) is 8.01. The number of carbonyl (C=O) groups is 5. The number of benzene rings is 3. The predicted octanol–water partition coefficient (Wildman–Crippen LogP) is 19.7. The Morgan fingerprint density at radius 3 is 1.16 bits per heavy atom. The van der Waals surface area contributed by atoms with Gasteiger partial charge >= 0.3 is 65.6 Å². The van der Waals surface area contributed by atoms with Crippen molar-refractivity contribution in [1.29, 1.82) is 0 Å². The van der Waals surface area contributed by atoms with Crippen molar-refractivity contribution in [1.82, 2.24) is 0 Å². The van der Waals surface area contributed by atoms with E-state index in [4.69, 9.17) is 33.2 Å². The quantitative estimate of drug-likeness (QED) is 0.0308. The molecule has 0 amide bonds. The van der Waals surface area contributed by atoms with Crippen molar-refractivity contribution >= 4 is 29.8 Å². The summed E-state index contributed by atoms with van der Waals surface area (Å²) in [6.45, 7) is 37.6. The van der Waals surface area contributed by atoms with E-state index in [1.54, 1.807) is 0 Å². The fraction of sp³-hybridized carbons (Fsp3) is 0.671. The number of halogens is 13. The Labute approximate surface area is 557 Å². The normalized spacial score (nSPS) is 14.7. The van der Waals surface area contributed by atoms with Gasteiger partial charge in [-0.1, -0.05) is 111 Å². The second-order valence-corrected chi connectivity index (χ2v) is 27.8. The van der Waals surface area contributed by atoms with E-state index < -0.39 is 66.1 Å². The Bertz CT molecular complexity index is 2780. The number of carbonyl (C=O) groups excluding carboxylic acids is 5. The van der Waals surface area contributed by atoms with Crippen LogP contribution < -0.4 is 14.2 Å². The van der Waals surface area contributed by atoms with Crippen LogP contribution in [0.5, 0.6) is 17.2 Å². The predicted molar refractivity (Wildman–Crippen MR) is 338 cm³/mol. The van der Waals surface area contributed by atoms with Crippen LogP contribution >= 0.6 is 0 Å². The molecule has 0 saturated heterocycles. The SMILES string of the molecule is CC(=O)Oc1ccc(C2(c3ccc(OC(C)=O)cc3)CCCCC2)cc1.CC(C)(C)Oc1ccc(C(C)(C)C)cc1.CCC(C)(C)C(=O)OCOC(C)(C)C.CCC(C)C(=O)OCCC(F)(F)C(F)(F)C(F)(F)C(F)(F)C(F)(F)C(F)(F)F.CCC(C)C(=O)OCOC(C)(C)C. The van der Waals surface area contributed by atoms with Gasteiger partial charge in [-0.25, -0.2) is 0 Å². The smallest absolute Gasteiger partial charge is 0.460 e. The highest BCUT2D eigenvalue weighted by Gasteiger charge is 2.90. The molecule has 1 saturated carbocycles. The Balaban J connectivity index is 0.00000122. The maximum Gasteiger partial charge on any atom is 0.460 e. The Morgan fingerprint density at radius 2 is 0.823 bits per heavy atom. The monoisotopic (exact) mass is 1400 g/mol. The summed E-state index contributed by atoms with van der Waals surface area (Å²) in [5.41, 5.74) is 2.89. The molecule has 26 heteroatoms. The lowest BCUT2D eigenvalue weighted by Gasteiger charge is -2.39. The minimum Gasteiger partial charge on any atom is -0.488 e. The van der Waals surface area contributed by atoms with E-state index in [1.807, 2.05) is 113 Å². The van der Waals surface area contributed by atoms with Crippen LogP contribution in [0.3, 0.4) is 0 Å². The molecule has 0 radical (unpaired) electrons. The van der Waals surface area contributed by atoms with Crippen LogP contribution in [-0.2, 0) is 58.5 Å². The van der Waals surface area contributed by atoms with Crippen LogP contribution in [0.15, 0.2) is 72.8 Å². The van der Waals surface area contributed by atoms with Gasteiger partial charge < -0.3 is 37.9 Å². The zero-order valence-electron chi connectivity index (χ0n) is 59.3. The minimum atomic E-state index is -7.93. The number of alkyl halides is 13. The highest BCUT2D eigenvalue weighted by atomic mass is 19.4. The van der Waals surface area contributed by atoms with Gasteiger partial charge in [0.25, 0.3) is 0 Å². The van der Waals surface area contributed by atoms with E-state index in [0.717, 1.165) is 31.4 Å². The molecule has 2 atom stereocenters. The van der Waals surface area contributed by atoms with Gasteiger partial charge in [-0.3, -0.25) is 24.0 Å². The lowest BCUT2D eigenvalue weighted by atomic mass is 9.65. The van der Waals surface area contributed by atoms with Crippen molar-refractivity contribution in [3.8, 4) is 17.2 Å². The van der Waals surface area contributed by atoms with Crippen LogP contribution in [0.2, 0.25) is 0 Å². The van der Waals surface area contributed by atoms with E-state index in [9.17, 15) is 81.0 Å². The molecule has 0 spiro atoms. The van der Waals surface area contributed by atoms with Crippen molar-refractivity contribution in [3.63, 3.8) is 0 Å². The van der Waals surface area contributed by atoms with Crippen LogP contribution in [0.4, 0.5) is 57.1 Å². The number of esters is 5. The second-order valence-electron chi connectivity index (χ2n) is 27.8. The van der Waals surface area contributed by atoms with Gasteiger partial charge in [-0.2, -0.15) is 57.1 Å². The Morgan fingerprint density at radius 1 is 0.458 bits per heavy atom. The van der Waals surface area contributed by atoms with Crippen molar-refractivity contribution in [2.75, 3.05) is 20.2 Å². The van der Waals surface area contributed by atoms with Crippen molar-refractivity contribution in [2.45, 2.75) is 267 Å². The lowest BCUT2D eigenvalue weighted by molar-refractivity contribution is -0.440. The summed E-state index contributed by atoms with van der Waals surface area (Å²) in [5, 5.41) is 0. The molecule has 1 aliphatic carbocycles. The molecule has 13 nitrogen and oxygen atoms in total. The van der Waals surface area contributed by atoms with Crippen LogP contribution in [0.25, 0.3) is 0 Å². The highest BCUT2D eigenvalue weighted by molar-refractivity contribution is 5.75. The first kappa shape index (κ1) is 89.8. The topological polar surface area (TPSA) is 159 Å². The molecule has 550 valence electrons. The molecular weight excluding hydrogens is 1300 g/mol. The van der Waals surface area contributed by atoms with Crippen LogP contribution in [0.1, 0.15) is 220 Å². The van der Waals surface area contributed by atoms with E-state index in [1.165, 1.54) is 63.6 Å². The van der Waals surface area contributed by atoms with Crippen LogP contribution in [-0.4, -0.2) is 103 Å². The molecule has 0 N–H and O–H groups in total. The molecule has 0 bridgehead atoms. The van der Waals surface area contributed by atoms with Gasteiger partial charge in [-0.05, 0) is 167 Å². The maximum atomic E-state index is 13.4. The second kappa shape index (κ2) is 36.6. The standard InChI is InChI=1S/C22H24O4.C14H22O.C13H13F13O2.C11H22O3.C10H20O3/c1-16(23)25-20-10-6-18(7-11-20)22(14-4-3-5-15-22)19-8-12-21(13-9-19)26-17(2)24;1-13(2,3)11-7-9-12(10-8-11)15-14(4,5)6;1-3-6(2)7(27)28-5-4-8(14,15)9(16,17)10(18,19)11(20,21)12(22,23)13(24,25)26;1-7-11(5,6)9(12)13-8-14-10(2,3)4;1-6-8(2)9(11)12-7-13-10(3,4)5/h6-13H,3-5,14-15H2,1-2H3;7-10H,1-6H3;6H,3-5H2,1-2H3;7-8H2,1-6H3;8H,6-7H2,1-5H3. The third kappa shape index (κ3) is 28.7. The van der Waals surface area contributed by atoms with Crippen LogP contribution in [0, 0.1) is 17.3 Å². The summed E-state index contributed by atoms with van der Waals surface area (Å²) in [5.74, 6) is -38.3. The molecule has 3 aromatic carbocycles. The molecule has 0 aromatic heterocycles. The first-order valence-electron chi connectivity index (χ1n) is 31.5. The summed E-state index contributed by atoms with van der Waals surface area (Å²) >= 11 is 0. The van der Waals surface area contributed by atoms with E-state index in [2.05, 4.69) is 82.7 Å². The third-order valence-corrected chi connectivity index (χ3v) is 14.7. The van der Waals surface area contributed by atoms with Crippen molar-refractivity contribution < 1.29 is 119 Å². The molecular formula is C70H101F13O13. The molecule has 4 rings (SSSR count). The lowest BCUT2D eigenvalue weighted by Crippen LogP contribution is -2.70. The van der Waals surface area contributed by atoms with Gasteiger partial charge in [-0.15, -0.1) is 0 Å². The number of hydrogen-bond donors (Lipinski definition) is 0. The molecule has 2 unspecified atom stereocenters. The minimum absolute atomic E-state index is 0.0335. The van der Waals surface area contributed by atoms with E-state index in [0.29, 0.717) is 11.5 Å². The average molecular weight is 1400 g/mol. The summed E-state index contributed by atoms with van der Waals surface area (Å²) in [6.07, 6.45) is -2.59. The first-order chi connectivity index (χ1) is 43.3. The first-order valence-corrected chi connectivity index (χ1v) is 31.5.